The zero-order valence-corrected chi connectivity index (χ0v) is 9.99. The third-order valence-electron chi connectivity index (χ3n) is 2.40. The monoisotopic (exact) mass is 235 g/mol. The maximum atomic E-state index is 13.5. The molecule has 0 radical (unpaired) electrons. The van der Waals surface area contributed by atoms with Gasteiger partial charge in [-0.3, -0.25) is 0 Å². The van der Waals surface area contributed by atoms with Gasteiger partial charge in [0.15, 0.2) is 11.6 Å². The van der Waals surface area contributed by atoms with Gasteiger partial charge in [0.25, 0.3) is 0 Å². The largest absolute Gasteiger partial charge is 0.494 e. The number of ether oxygens (including phenoxy) is 1. The Morgan fingerprint density at radius 3 is 2.71 bits per heavy atom. The molecule has 0 saturated heterocycles. The SMILES string of the molecule is COc1ccc(Nc2nc(C)cn2C)cc1F. The lowest BCUT2D eigenvalue weighted by Gasteiger charge is -2.07. The predicted molar refractivity (Wildman–Crippen MR) is 64.2 cm³/mol. The summed E-state index contributed by atoms with van der Waals surface area (Å²) in [7, 11) is 3.32. The number of hydrogen-bond acceptors (Lipinski definition) is 3. The van der Waals surface area contributed by atoms with E-state index in [1.807, 2.05) is 24.7 Å². The van der Waals surface area contributed by atoms with Crippen LogP contribution in [-0.2, 0) is 7.05 Å². The standard InChI is InChI=1S/C12H14FN3O/c1-8-7-16(2)12(14-8)15-9-4-5-11(17-3)10(13)6-9/h4-7H,1-3H3,(H,14,15). The summed E-state index contributed by atoms with van der Waals surface area (Å²) in [6, 6.07) is 4.70. The minimum absolute atomic E-state index is 0.228. The fraction of sp³-hybridized carbons (Fsp3) is 0.250. The number of benzene rings is 1. The molecule has 0 saturated carbocycles. The lowest BCUT2D eigenvalue weighted by molar-refractivity contribution is 0.386. The summed E-state index contributed by atoms with van der Waals surface area (Å²) in [6.07, 6.45) is 1.89. The van der Waals surface area contributed by atoms with Crippen LogP contribution < -0.4 is 10.1 Å². The molecule has 2 aromatic rings. The number of imidazole rings is 1. The molecule has 0 spiro atoms. The second-order valence-corrected chi connectivity index (χ2v) is 3.79. The average molecular weight is 235 g/mol. The first-order valence-electron chi connectivity index (χ1n) is 5.20. The van der Waals surface area contributed by atoms with Gasteiger partial charge in [0.05, 0.1) is 12.8 Å². The molecule has 0 bridgehead atoms. The van der Waals surface area contributed by atoms with E-state index in [1.165, 1.54) is 13.2 Å². The van der Waals surface area contributed by atoms with Crippen LogP contribution in [0.15, 0.2) is 24.4 Å². The summed E-state index contributed by atoms with van der Waals surface area (Å²) in [5.41, 5.74) is 1.54. The predicted octanol–water partition coefficient (Wildman–Crippen LogP) is 2.62. The number of aromatic nitrogens is 2. The smallest absolute Gasteiger partial charge is 0.207 e. The Morgan fingerprint density at radius 2 is 2.18 bits per heavy atom. The number of aryl methyl sites for hydroxylation is 2. The van der Waals surface area contributed by atoms with E-state index in [-0.39, 0.29) is 5.75 Å². The quantitative estimate of drug-likeness (QED) is 0.888. The molecule has 1 N–H and O–H groups in total. The molecule has 0 atom stereocenters. The number of nitrogens with zero attached hydrogens (tertiary/aromatic N) is 2. The van der Waals surface area contributed by atoms with Gasteiger partial charge >= 0.3 is 0 Å². The highest BCUT2D eigenvalue weighted by Gasteiger charge is 2.06. The Morgan fingerprint density at radius 1 is 1.41 bits per heavy atom. The number of hydrogen-bond donors (Lipinski definition) is 1. The highest BCUT2D eigenvalue weighted by atomic mass is 19.1. The van der Waals surface area contributed by atoms with Gasteiger partial charge in [-0.15, -0.1) is 0 Å². The van der Waals surface area contributed by atoms with Crippen LogP contribution in [0.25, 0.3) is 0 Å². The molecule has 1 heterocycles. The van der Waals surface area contributed by atoms with Crippen LogP contribution in [0.1, 0.15) is 5.69 Å². The van der Waals surface area contributed by atoms with E-state index in [2.05, 4.69) is 10.3 Å². The summed E-state index contributed by atoms with van der Waals surface area (Å²) in [6.45, 7) is 1.90. The fourth-order valence-corrected chi connectivity index (χ4v) is 1.61. The van der Waals surface area contributed by atoms with Crippen molar-refractivity contribution in [2.75, 3.05) is 12.4 Å². The van der Waals surface area contributed by atoms with Gasteiger partial charge in [-0.1, -0.05) is 0 Å². The molecule has 0 aliphatic heterocycles. The molecule has 5 heteroatoms. The maximum absolute atomic E-state index is 13.5. The molecule has 0 aliphatic rings. The van der Waals surface area contributed by atoms with E-state index in [9.17, 15) is 4.39 Å². The summed E-state index contributed by atoms with van der Waals surface area (Å²) in [5.74, 6) is 0.502. The Bertz CT molecular complexity index is 537. The van der Waals surface area contributed by atoms with Crippen molar-refractivity contribution in [1.82, 2.24) is 9.55 Å². The molecule has 0 aliphatic carbocycles. The van der Waals surface area contributed by atoms with Crippen molar-refractivity contribution < 1.29 is 9.13 Å². The Kier molecular flexibility index (Phi) is 2.99. The van der Waals surface area contributed by atoms with Gasteiger partial charge in [0.1, 0.15) is 0 Å². The molecular formula is C12H14FN3O. The lowest BCUT2D eigenvalue weighted by Crippen LogP contribution is -1.99. The van der Waals surface area contributed by atoms with E-state index in [0.29, 0.717) is 11.6 Å². The van der Waals surface area contributed by atoms with Crippen molar-refractivity contribution in [3.05, 3.63) is 35.9 Å². The first-order chi connectivity index (χ1) is 8.10. The molecule has 0 unspecified atom stereocenters. The van der Waals surface area contributed by atoms with Crippen LogP contribution >= 0.6 is 0 Å². The summed E-state index contributed by atoms with van der Waals surface area (Å²) in [5, 5.41) is 3.04. The summed E-state index contributed by atoms with van der Waals surface area (Å²) < 4.78 is 20.2. The number of halogens is 1. The van der Waals surface area contributed by atoms with Gasteiger partial charge in [0.2, 0.25) is 5.95 Å². The number of anilines is 2. The van der Waals surface area contributed by atoms with Crippen LogP contribution in [0.3, 0.4) is 0 Å². The summed E-state index contributed by atoms with van der Waals surface area (Å²) in [4.78, 5) is 4.28. The molecule has 4 nitrogen and oxygen atoms in total. The molecule has 17 heavy (non-hydrogen) atoms. The van der Waals surface area contributed by atoms with E-state index in [4.69, 9.17) is 4.74 Å². The van der Waals surface area contributed by atoms with E-state index < -0.39 is 5.82 Å². The van der Waals surface area contributed by atoms with Crippen LogP contribution in [0.4, 0.5) is 16.0 Å². The fourth-order valence-electron chi connectivity index (χ4n) is 1.61. The van der Waals surface area contributed by atoms with Crippen LogP contribution in [0, 0.1) is 12.7 Å². The number of methoxy groups -OCH3 is 1. The molecule has 1 aromatic carbocycles. The van der Waals surface area contributed by atoms with Gasteiger partial charge in [-0.25, -0.2) is 9.37 Å². The minimum Gasteiger partial charge on any atom is -0.494 e. The van der Waals surface area contributed by atoms with E-state index in [0.717, 1.165) is 5.69 Å². The molecule has 0 fully saturated rings. The highest BCUT2D eigenvalue weighted by molar-refractivity contribution is 5.55. The number of nitrogens with one attached hydrogen (secondary N) is 1. The Balaban J connectivity index is 2.24. The Hall–Kier alpha value is -2.04. The second kappa shape index (κ2) is 4.45. The van der Waals surface area contributed by atoms with Crippen LogP contribution in [-0.4, -0.2) is 16.7 Å². The second-order valence-electron chi connectivity index (χ2n) is 3.79. The average Bonchev–Trinajstić information content (AvgIpc) is 2.58. The first-order valence-corrected chi connectivity index (χ1v) is 5.20. The van der Waals surface area contributed by atoms with Crippen LogP contribution in [0.2, 0.25) is 0 Å². The van der Waals surface area contributed by atoms with Gasteiger partial charge in [-0.05, 0) is 19.1 Å². The van der Waals surface area contributed by atoms with Crippen molar-refractivity contribution in [2.24, 2.45) is 7.05 Å². The third kappa shape index (κ3) is 2.38. The highest BCUT2D eigenvalue weighted by Crippen LogP contribution is 2.22. The molecule has 2 rings (SSSR count). The molecular weight excluding hydrogens is 221 g/mol. The molecule has 0 amide bonds. The van der Waals surface area contributed by atoms with Gasteiger partial charge < -0.3 is 14.6 Å². The maximum Gasteiger partial charge on any atom is 0.207 e. The van der Waals surface area contributed by atoms with E-state index >= 15 is 0 Å². The Labute approximate surface area is 99.1 Å². The summed E-state index contributed by atoms with van der Waals surface area (Å²) >= 11 is 0. The van der Waals surface area contributed by atoms with Crippen molar-refractivity contribution in [1.29, 1.82) is 0 Å². The normalized spacial score (nSPS) is 10.4. The zero-order chi connectivity index (χ0) is 12.4. The van der Waals surface area contributed by atoms with Crippen molar-refractivity contribution in [3.63, 3.8) is 0 Å². The molecule has 90 valence electrons. The topological polar surface area (TPSA) is 39.1 Å². The minimum atomic E-state index is -0.400. The van der Waals surface area contributed by atoms with Crippen molar-refractivity contribution >= 4 is 11.6 Å². The van der Waals surface area contributed by atoms with E-state index in [1.54, 1.807) is 12.1 Å². The van der Waals surface area contributed by atoms with Gasteiger partial charge in [0, 0.05) is 25.0 Å². The van der Waals surface area contributed by atoms with Crippen molar-refractivity contribution in [3.8, 4) is 5.75 Å². The number of rotatable bonds is 3. The van der Waals surface area contributed by atoms with Gasteiger partial charge in [-0.2, -0.15) is 0 Å². The van der Waals surface area contributed by atoms with Crippen molar-refractivity contribution in [2.45, 2.75) is 6.92 Å². The zero-order valence-electron chi connectivity index (χ0n) is 9.99. The molecule has 1 aromatic heterocycles. The first kappa shape index (κ1) is 11.4. The lowest BCUT2D eigenvalue weighted by atomic mass is 10.3. The third-order valence-corrected chi connectivity index (χ3v) is 2.40. The van der Waals surface area contributed by atoms with Crippen LogP contribution in [0.5, 0.6) is 5.75 Å².